The minimum Gasteiger partial charge on any atom is -0.360 e. The van der Waals surface area contributed by atoms with E-state index in [-0.39, 0.29) is 5.91 Å². The second-order valence-electron chi connectivity index (χ2n) is 7.05. The Morgan fingerprint density at radius 1 is 1.18 bits per heavy atom. The molecule has 4 rings (SSSR count). The van der Waals surface area contributed by atoms with Gasteiger partial charge in [-0.15, -0.1) is 0 Å². The molecule has 1 aliphatic carbocycles. The van der Waals surface area contributed by atoms with Gasteiger partial charge >= 0.3 is 0 Å². The molecule has 1 unspecified atom stereocenters. The molecule has 144 valence electrons. The lowest BCUT2D eigenvalue weighted by Gasteiger charge is -2.29. The summed E-state index contributed by atoms with van der Waals surface area (Å²) in [6, 6.07) is 15.7. The number of fused-ring (bicyclic) bond motifs is 1. The quantitative estimate of drug-likeness (QED) is 0.757. The van der Waals surface area contributed by atoms with Crippen LogP contribution >= 0.6 is 23.8 Å². The van der Waals surface area contributed by atoms with Gasteiger partial charge in [0, 0.05) is 29.2 Å². The molecule has 28 heavy (non-hydrogen) atoms. The summed E-state index contributed by atoms with van der Waals surface area (Å²) in [4.78, 5) is 19.5. The van der Waals surface area contributed by atoms with E-state index < -0.39 is 6.17 Å². The molecule has 1 heterocycles. The molecule has 1 atom stereocenters. The van der Waals surface area contributed by atoms with Crippen molar-refractivity contribution in [2.75, 3.05) is 11.9 Å². The number of rotatable bonds is 3. The first-order valence-corrected chi connectivity index (χ1v) is 10.1. The van der Waals surface area contributed by atoms with Crippen molar-refractivity contribution in [2.24, 2.45) is 4.99 Å². The number of hydrogen-bond donors (Lipinski definition) is 2. The molecule has 2 aromatic rings. The molecular formula is C21H21ClN4OS. The van der Waals surface area contributed by atoms with Crippen LogP contribution in [0.15, 0.2) is 53.5 Å². The number of nitrogens with zero attached hydrogens (tertiary/aromatic N) is 2. The van der Waals surface area contributed by atoms with E-state index in [0.717, 1.165) is 29.7 Å². The van der Waals surface area contributed by atoms with Crippen molar-refractivity contribution in [1.82, 2.24) is 10.6 Å². The maximum absolute atomic E-state index is 13.1. The number of amides is 1. The standard InChI is InChI=1S/C21H21ClN4OS/c1-26-17-11-10-14(22)12-16(17)18(13-6-3-2-4-7-13)24-19(20(26)27)25-21(28)23-15-8-5-9-15/h2-4,6-7,10-12,15,19H,5,8-9H2,1H3,(H2,23,25,28). The van der Waals surface area contributed by atoms with Crippen molar-refractivity contribution in [3.05, 3.63) is 64.7 Å². The van der Waals surface area contributed by atoms with Crippen LogP contribution < -0.4 is 15.5 Å². The van der Waals surface area contributed by atoms with Crippen molar-refractivity contribution in [1.29, 1.82) is 0 Å². The number of anilines is 1. The van der Waals surface area contributed by atoms with Crippen LogP contribution in [-0.2, 0) is 4.79 Å². The lowest BCUT2D eigenvalue weighted by Crippen LogP contribution is -2.52. The maximum Gasteiger partial charge on any atom is 0.272 e. The fraction of sp³-hybridized carbons (Fsp3) is 0.286. The average molecular weight is 413 g/mol. The van der Waals surface area contributed by atoms with Crippen molar-refractivity contribution in [3.63, 3.8) is 0 Å². The van der Waals surface area contributed by atoms with Crippen LogP contribution in [-0.4, -0.2) is 36.0 Å². The molecule has 0 bridgehead atoms. The first kappa shape index (κ1) is 18.9. The number of thiocarbonyl (C=S) groups is 1. The zero-order chi connectivity index (χ0) is 19.7. The van der Waals surface area contributed by atoms with Gasteiger partial charge in [0.15, 0.2) is 5.11 Å². The number of aliphatic imine (C=N–C) groups is 1. The van der Waals surface area contributed by atoms with Gasteiger partial charge in [0.05, 0.1) is 11.4 Å². The third kappa shape index (κ3) is 3.75. The van der Waals surface area contributed by atoms with Gasteiger partial charge in [-0.3, -0.25) is 4.79 Å². The second-order valence-corrected chi connectivity index (χ2v) is 7.90. The van der Waals surface area contributed by atoms with E-state index in [4.69, 9.17) is 28.8 Å². The zero-order valence-electron chi connectivity index (χ0n) is 15.5. The fourth-order valence-electron chi connectivity index (χ4n) is 3.37. The van der Waals surface area contributed by atoms with Crippen LogP contribution in [0.4, 0.5) is 5.69 Å². The summed E-state index contributed by atoms with van der Waals surface area (Å²) >= 11 is 11.7. The topological polar surface area (TPSA) is 56.7 Å². The molecule has 0 radical (unpaired) electrons. The molecule has 1 amide bonds. The molecule has 0 spiro atoms. The summed E-state index contributed by atoms with van der Waals surface area (Å²) in [5.41, 5.74) is 3.20. The largest absolute Gasteiger partial charge is 0.360 e. The highest BCUT2D eigenvalue weighted by Crippen LogP contribution is 2.29. The number of benzodiazepines with no additional fused rings is 1. The van der Waals surface area contributed by atoms with Crippen LogP contribution in [0.2, 0.25) is 5.02 Å². The molecule has 1 aliphatic heterocycles. The summed E-state index contributed by atoms with van der Waals surface area (Å²) in [6.45, 7) is 0. The van der Waals surface area contributed by atoms with Gasteiger partial charge in [-0.1, -0.05) is 41.9 Å². The van der Waals surface area contributed by atoms with Crippen LogP contribution in [0.1, 0.15) is 30.4 Å². The summed E-state index contributed by atoms with van der Waals surface area (Å²) < 4.78 is 0. The van der Waals surface area contributed by atoms with E-state index >= 15 is 0 Å². The third-order valence-electron chi connectivity index (χ3n) is 5.15. The second kappa shape index (κ2) is 7.89. The molecule has 5 nitrogen and oxygen atoms in total. The van der Waals surface area contributed by atoms with Crippen LogP contribution in [0.25, 0.3) is 0 Å². The molecule has 2 N–H and O–H groups in total. The first-order chi connectivity index (χ1) is 13.5. The van der Waals surface area contributed by atoms with Crippen molar-refractivity contribution in [2.45, 2.75) is 31.5 Å². The molecular weight excluding hydrogens is 392 g/mol. The highest BCUT2D eigenvalue weighted by atomic mass is 35.5. The highest BCUT2D eigenvalue weighted by Gasteiger charge is 2.31. The minimum absolute atomic E-state index is 0.174. The van der Waals surface area contributed by atoms with Gasteiger partial charge in [0.2, 0.25) is 6.17 Å². The van der Waals surface area contributed by atoms with Crippen LogP contribution in [0.3, 0.4) is 0 Å². The number of nitrogens with one attached hydrogen (secondary N) is 2. The number of benzene rings is 2. The van der Waals surface area contributed by atoms with E-state index in [1.165, 1.54) is 6.42 Å². The lowest BCUT2D eigenvalue weighted by molar-refractivity contribution is -0.119. The molecule has 2 aromatic carbocycles. The summed E-state index contributed by atoms with van der Waals surface area (Å²) in [5, 5.41) is 7.41. The normalized spacial score (nSPS) is 19.2. The van der Waals surface area contributed by atoms with E-state index in [2.05, 4.69) is 10.6 Å². The highest BCUT2D eigenvalue weighted by molar-refractivity contribution is 7.80. The minimum atomic E-state index is -0.813. The van der Waals surface area contributed by atoms with Gasteiger partial charge in [0.1, 0.15) is 0 Å². The number of halogens is 1. The Balaban J connectivity index is 1.74. The van der Waals surface area contributed by atoms with Gasteiger partial charge in [-0.25, -0.2) is 4.99 Å². The zero-order valence-corrected chi connectivity index (χ0v) is 17.1. The predicted octanol–water partition coefficient (Wildman–Crippen LogP) is 3.50. The maximum atomic E-state index is 13.1. The summed E-state index contributed by atoms with van der Waals surface area (Å²) in [5.74, 6) is -0.174. The number of carbonyl (C=O) groups is 1. The average Bonchev–Trinajstić information content (AvgIpc) is 2.76. The summed E-state index contributed by atoms with van der Waals surface area (Å²) in [7, 11) is 1.75. The van der Waals surface area contributed by atoms with Crippen molar-refractivity contribution >= 4 is 46.2 Å². The molecule has 1 saturated carbocycles. The number of carbonyl (C=O) groups excluding carboxylic acids is 1. The lowest BCUT2D eigenvalue weighted by atomic mass is 9.93. The Morgan fingerprint density at radius 2 is 1.93 bits per heavy atom. The van der Waals surface area contributed by atoms with Gasteiger partial charge in [-0.2, -0.15) is 0 Å². The molecule has 0 aromatic heterocycles. The Hall–Kier alpha value is -2.44. The number of hydrogen-bond acceptors (Lipinski definition) is 3. The van der Waals surface area contributed by atoms with E-state index in [9.17, 15) is 4.79 Å². The van der Waals surface area contributed by atoms with Crippen LogP contribution in [0.5, 0.6) is 0 Å². The van der Waals surface area contributed by atoms with E-state index in [0.29, 0.717) is 21.9 Å². The van der Waals surface area contributed by atoms with Crippen molar-refractivity contribution in [3.8, 4) is 0 Å². The smallest absolute Gasteiger partial charge is 0.272 e. The molecule has 7 heteroatoms. The van der Waals surface area contributed by atoms with E-state index in [1.807, 2.05) is 42.5 Å². The van der Waals surface area contributed by atoms with Gasteiger partial charge in [-0.05, 0) is 49.7 Å². The summed E-state index contributed by atoms with van der Waals surface area (Å²) in [6.07, 6.45) is 2.59. The predicted molar refractivity (Wildman–Crippen MR) is 117 cm³/mol. The Morgan fingerprint density at radius 3 is 2.61 bits per heavy atom. The Bertz CT molecular complexity index is 943. The molecule has 2 aliphatic rings. The van der Waals surface area contributed by atoms with Gasteiger partial charge in [0.25, 0.3) is 5.91 Å². The fourth-order valence-corrected chi connectivity index (χ4v) is 3.82. The molecule has 1 fully saturated rings. The third-order valence-corrected chi connectivity index (χ3v) is 5.62. The number of likely N-dealkylation sites (N-methyl/N-ethyl adjacent to an activating group) is 1. The first-order valence-electron chi connectivity index (χ1n) is 9.30. The van der Waals surface area contributed by atoms with Crippen molar-refractivity contribution < 1.29 is 4.79 Å². The van der Waals surface area contributed by atoms with E-state index in [1.54, 1.807) is 18.0 Å². The van der Waals surface area contributed by atoms with Crippen LogP contribution in [0, 0.1) is 0 Å². The monoisotopic (exact) mass is 412 g/mol. The Labute approximate surface area is 174 Å². The molecule has 0 saturated heterocycles. The SMILES string of the molecule is CN1C(=O)C(NC(=S)NC2CCC2)N=C(c2ccccc2)c2cc(Cl)ccc21. The van der Waals surface area contributed by atoms with Gasteiger partial charge < -0.3 is 15.5 Å². The Kier molecular flexibility index (Phi) is 5.33.